The third-order valence-electron chi connectivity index (χ3n) is 13.8. The van der Waals surface area contributed by atoms with Crippen LogP contribution in [0.2, 0.25) is 0 Å². The van der Waals surface area contributed by atoms with Gasteiger partial charge < -0.3 is 14.2 Å². The van der Waals surface area contributed by atoms with Gasteiger partial charge in [-0.2, -0.15) is 0 Å². The zero-order valence-electron chi connectivity index (χ0n) is 50.4. The Balaban J connectivity index is 4.23. The van der Waals surface area contributed by atoms with E-state index in [1.165, 1.54) is 161 Å². The largest absolute Gasteiger partial charge is 0.462 e. The molecular formula is C71H120O6. The Morgan fingerprint density at radius 1 is 0.273 bits per heavy atom. The van der Waals surface area contributed by atoms with E-state index in [1.807, 2.05) is 6.08 Å². The molecule has 0 aliphatic carbocycles. The van der Waals surface area contributed by atoms with Gasteiger partial charge in [-0.15, -0.1) is 0 Å². The Morgan fingerprint density at radius 3 is 0.870 bits per heavy atom. The fourth-order valence-corrected chi connectivity index (χ4v) is 9.01. The molecule has 0 aromatic rings. The van der Waals surface area contributed by atoms with Gasteiger partial charge >= 0.3 is 17.9 Å². The average molecular weight is 1070 g/mol. The van der Waals surface area contributed by atoms with Gasteiger partial charge in [-0.3, -0.25) is 14.4 Å². The Hall–Kier alpha value is -3.93. The predicted molar refractivity (Wildman–Crippen MR) is 334 cm³/mol. The molecule has 0 N–H and O–H groups in total. The monoisotopic (exact) mass is 1070 g/mol. The predicted octanol–water partition coefficient (Wildman–Crippen LogP) is 22.2. The number of esters is 3. The van der Waals surface area contributed by atoms with Crippen molar-refractivity contribution in [2.24, 2.45) is 0 Å². The lowest BCUT2D eigenvalue weighted by Gasteiger charge is -2.18. The van der Waals surface area contributed by atoms with Gasteiger partial charge in [0.15, 0.2) is 6.10 Å². The highest BCUT2D eigenvalue weighted by Crippen LogP contribution is 2.17. The first kappa shape index (κ1) is 73.1. The highest BCUT2D eigenvalue weighted by Gasteiger charge is 2.19. The van der Waals surface area contributed by atoms with E-state index in [1.54, 1.807) is 0 Å². The zero-order chi connectivity index (χ0) is 55.7. The lowest BCUT2D eigenvalue weighted by Crippen LogP contribution is -2.30. The van der Waals surface area contributed by atoms with E-state index in [9.17, 15) is 14.4 Å². The summed E-state index contributed by atoms with van der Waals surface area (Å²) in [7, 11) is 0. The van der Waals surface area contributed by atoms with Crippen LogP contribution in [0.5, 0.6) is 0 Å². The normalized spacial score (nSPS) is 12.8. The molecule has 77 heavy (non-hydrogen) atoms. The summed E-state index contributed by atoms with van der Waals surface area (Å²) in [5.41, 5.74) is 0. The van der Waals surface area contributed by atoms with Gasteiger partial charge in [-0.1, -0.05) is 304 Å². The van der Waals surface area contributed by atoms with Crippen LogP contribution in [0.4, 0.5) is 0 Å². The smallest absolute Gasteiger partial charge is 0.306 e. The topological polar surface area (TPSA) is 78.9 Å². The molecule has 0 bridgehead atoms. The lowest BCUT2D eigenvalue weighted by atomic mass is 10.0. The number of allylic oxidation sites excluding steroid dienone is 18. The Kier molecular flexibility index (Phi) is 61.3. The van der Waals surface area contributed by atoms with Gasteiger partial charge in [0.1, 0.15) is 13.2 Å². The van der Waals surface area contributed by atoms with Gasteiger partial charge in [-0.25, -0.2) is 0 Å². The third-order valence-corrected chi connectivity index (χ3v) is 13.8. The number of carbonyl (C=O) groups is 3. The molecule has 6 heteroatoms. The molecule has 0 aromatic heterocycles. The van der Waals surface area contributed by atoms with Gasteiger partial charge in [0.2, 0.25) is 0 Å². The third kappa shape index (κ3) is 62.8. The molecule has 0 spiro atoms. The first-order valence-corrected chi connectivity index (χ1v) is 32.4. The molecule has 0 fully saturated rings. The maximum atomic E-state index is 12.9. The van der Waals surface area contributed by atoms with Crippen molar-refractivity contribution in [1.29, 1.82) is 0 Å². The number of carbonyl (C=O) groups excluding carboxylic acids is 3. The van der Waals surface area contributed by atoms with Gasteiger partial charge in [0.25, 0.3) is 0 Å². The number of unbranched alkanes of at least 4 members (excludes halogenated alkanes) is 29. The molecule has 1 unspecified atom stereocenters. The molecular weight excluding hydrogens is 949 g/mol. The number of hydrogen-bond donors (Lipinski definition) is 0. The van der Waals surface area contributed by atoms with Gasteiger partial charge in [0.05, 0.1) is 0 Å². The quantitative estimate of drug-likeness (QED) is 0.0261. The summed E-state index contributed by atoms with van der Waals surface area (Å²) in [6.07, 6.45) is 88.4. The van der Waals surface area contributed by atoms with Crippen molar-refractivity contribution < 1.29 is 28.6 Å². The van der Waals surface area contributed by atoms with E-state index in [0.717, 1.165) is 96.3 Å². The Labute approximate surface area is 476 Å². The molecule has 6 nitrogen and oxygen atoms in total. The molecule has 0 radical (unpaired) electrons. The molecule has 0 aromatic carbocycles. The van der Waals surface area contributed by atoms with Crippen LogP contribution in [0.3, 0.4) is 0 Å². The summed E-state index contributed by atoms with van der Waals surface area (Å²) in [5.74, 6) is -0.972. The zero-order valence-corrected chi connectivity index (χ0v) is 50.4. The van der Waals surface area contributed by atoms with Crippen molar-refractivity contribution >= 4 is 17.9 Å². The molecule has 0 aliphatic rings. The summed E-state index contributed by atoms with van der Waals surface area (Å²) in [6.45, 7) is 6.37. The maximum Gasteiger partial charge on any atom is 0.306 e. The minimum atomic E-state index is -0.805. The highest BCUT2D eigenvalue weighted by atomic mass is 16.6. The number of rotatable bonds is 58. The molecule has 0 saturated heterocycles. The molecule has 0 heterocycles. The molecule has 0 amide bonds. The van der Waals surface area contributed by atoms with E-state index < -0.39 is 6.10 Å². The van der Waals surface area contributed by atoms with Crippen LogP contribution in [0.1, 0.15) is 303 Å². The van der Waals surface area contributed by atoms with E-state index in [4.69, 9.17) is 14.2 Å². The standard InChI is InChI=1S/C71H120O6/c1-4-7-10-13-16-19-22-25-27-28-29-30-31-32-33-34-35-36-37-38-39-40-41-42-44-46-49-52-55-58-61-64-70(73)76-67-68(66-75-69(72)63-60-57-54-51-48-45-24-21-18-15-12-9-6-3)77-71(74)65-62-59-56-53-50-47-43-26-23-20-17-14-11-8-5-2/h7,9-10,12,16,18-19,21,25,27,29-30,32-33,45,48,54,57,68H,4-6,8,11,13-15,17,20,22-24,26,28,31,34-44,46-47,49-53,55-56,58-67H2,1-3H3/b10-7-,12-9-,19-16-,21-18-,27-25-,30-29-,33-32-,48-45-,57-54-. The van der Waals surface area contributed by atoms with Crippen LogP contribution in [0.25, 0.3) is 0 Å². The maximum absolute atomic E-state index is 12.9. The lowest BCUT2D eigenvalue weighted by molar-refractivity contribution is -0.166. The van der Waals surface area contributed by atoms with Crippen molar-refractivity contribution in [3.8, 4) is 0 Å². The fourth-order valence-electron chi connectivity index (χ4n) is 9.01. The van der Waals surface area contributed by atoms with Crippen molar-refractivity contribution in [3.05, 3.63) is 109 Å². The van der Waals surface area contributed by atoms with Crippen LogP contribution in [0, 0.1) is 0 Å². The molecule has 0 aliphatic heterocycles. The van der Waals surface area contributed by atoms with Crippen LogP contribution in [-0.2, 0) is 28.6 Å². The second-order valence-electron chi connectivity index (χ2n) is 21.3. The summed E-state index contributed by atoms with van der Waals surface area (Å²) in [5, 5.41) is 0. The summed E-state index contributed by atoms with van der Waals surface area (Å²) in [6, 6.07) is 0. The first-order valence-electron chi connectivity index (χ1n) is 32.4. The van der Waals surface area contributed by atoms with Crippen LogP contribution in [0.15, 0.2) is 109 Å². The number of hydrogen-bond acceptors (Lipinski definition) is 6. The minimum absolute atomic E-state index is 0.0972. The summed E-state index contributed by atoms with van der Waals surface area (Å²) < 4.78 is 16.8. The minimum Gasteiger partial charge on any atom is -0.462 e. The first-order chi connectivity index (χ1) is 38.0. The highest BCUT2D eigenvalue weighted by molar-refractivity contribution is 5.71. The van der Waals surface area contributed by atoms with Crippen molar-refractivity contribution in [3.63, 3.8) is 0 Å². The van der Waals surface area contributed by atoms with Crippen LogP contribution in [-0.4, -0.2) is 37.2 Å². The van der Waals surface area contributed by atoms with E-state index in [0.29, 0.717) is 19.3 Å². The van der Waals surface area contributed by atoms with Crippen LogP contribution < -0.4 is 0 Å². The van der Waals surface area contributed by atoms with Crippen molar-refractivity contribution in [2.45, 2.75) is 309 Å². The van der Waals surface area contributed by atoms with E-state index >= 15 is 0 Å². The van der Waals surface area contributed by atoms with Crippen molar-refractivity contribution in [2.75, 3.05) is 13.2 Å². The summed E-state index contributed by atoms with van der Waals surface area (Å²) >= 11 is 0. The van der Waals surface area contributed by atoms with Crippen molar-refractivity contribution in [1.82, 2.24) is 0 Å². The average Bonchev–Trinajstić information content (AvgIpc) is 3.43. The SMILES string of the molecule is CC/C=C\C/C=C\C/C=C\C/C=C\C/C=C\CCCCCCCCCCCCCCCCCC(=O)OCC(COC(=O)CC/C=C\C/C=C\C/C=C\C/C=C\CC)OC(=O)CCCCCCCCCCCCCCCCC. The molecule has 0 saturated carbocycles. The molecule has 1 atom stereocenters. The summed E-state index contributed by atoms with van der Waals surface area (Å²) in [4.78, 5) is 38.2. The second-order valence-corrected chi connectivity index (χ2v) is 21.3. The van der Waals surface area contributed by atoms with E-state index in [-0.39, 0.29) is 37.5 Å². The van der Waals surface area contributed by atoms with E-state index in [2.05, 4.69) is 124 Å². The van der Waals surface area contributed by atoms with Gasteiger partial charge in [-0.05, 0) is 89.9 Å². The Bertz CT molecular complexity index is 1560. The molecule has 440 valence electrons. The number of ether oxygens (including phenoxy) is 3. The molecule has 0 rings (SSSR count). The Morgan fingerprint density at radius 2 is 0.532 bits per heavy atom. The fraction of sp³-hybridized carbons (Fsp3) is 0.704. The second kappa shape index (κ2) is 64.6. The van der Waals surface area contributed by atoms with Gasteiger partial charge in [0, 0.05) is 19.3 Å². The van der Waals surface area contributed by atoms with Crippen LogP contribution >= 0.6 is 0 Å².